The minimum atomic E-state index is -1.19. The minimum Gasteiger partial charge on any atom is -0.379 e. The van der Waals surface area contributed by atoms with Crippen molar-refractivity contribution >= 4 is 12.1 Å². The summed E-state index contributed by atoms with van der Waals surface area (Å²) in [6.45, 7) is 3.68. The molecule has 1 amide bonds. The third-order valence-electron chi connectivity index (χ3n) is 3.88. The number of hydrogen-bond acceptors (Lipinski definition) is 5. The zero-order valence-electron chi connectivity index (χ0n) is 11.8. The quantitative estimate of drug-likeness (QED) is 0.768. The van der Waals surface area contributed by atoms with Gasteiger partial charge in [0.1, 0.15) is 6.07 Å². The number of rotatable bonds is 1. The number of carbonyl (C=O) groups is 1. The summed E-state index contributed by atoms with van der Waals surface area (Å²) in [4.78, 5) is 14.0. The van der Waals surface area contributed by atoms with Gasteiger partial charge in [0.05, 0.1) is 19.4 Å². The number of carbonyl (C=O) groups excluding carboxylic acids is 1. The van der Waals surface area contributed by atoms with Crippen molar-refractivity contribution in [3.63, 3.8) is 0 Å². The molecule has 1 aromatic carbocycles. The van der Waals surface area contributed by atoms with Crippen LogP contribution in [0.25, 0.3) is 0 Å². The highest BCUT2D eigenvalue weighted by atomic mass is 16.5. The standard InChI is InChI=1S/C15H16N4O2/c1-12(20)19-15(11-16,18-6-8-21-9-7-18)14-5-3-2-4-13(14)10-17-19/h2-5,10H,6-9H2,1H3. The number of morpholine rings is 1. The molecular formula is C15H16N4O2. The Hall–Kier alpha value is -2.23. The van der Waals surface area contributed by atoms with Crippen LogP contribution in [0.3, 0.4) is 0 Å². The molecule has 1 aromatic rings. The summed E-state index contributed by atoms with van der Waals surface area (Å²) in [5.41, 5.74) is 0.462. The molecule has 0 aliphatic carbocycles. The third-order valence-corrected chi connectivity index (χ3v) is 3.88. The molecule has 2 aliphatic rings. The van der Waals surface area contributed by atoms with Gasteiger partial charge in [0.15, 0.2) is 0 Å². The third kappa shape index (κ3) is 2.02. The van der Waals surface area contributed by atoms with Crippen molar-refractivity contribution in [3.05, 3.63) is 35.4 Å². The van der Waals surface area contributed by atoms with Crippen LogP contribution >= 0.6 is 0 Å². The summed E-state index contributed by atoms with van der Waals surface area (Å²) in [7, 11) is 0. The van der Waals surface area contributed by atoms with E-state index in [4.69, 9.17) is 4.74 Å². The largest absolute Gasteiger partial charge is 0.379 e. The monoisotopic (exact) mass is 284 g/mol. The van der Waals surface area contributed by atoms with Crippen LogP contribution in [0.1, 0.15) is 18.1 Å². The number of nitrogens with zero attached hydrogens (tertiary/aromatic N) is 4. The van der Waals surface area contributed by atoms with Gasteiger partial charge in [-0.05, 0) is 0 Å². The molecule has 0 bridgehead atoms. The van der Waals surface area contributed by atoms with Crippen LogP contribution in [0, 0.1) is 11.3 Å². The topological polar surface area (TPSA) is 68.9 Å². The highest BCUT2D eigenvalue weighted by Gasteiger charge is 2.49. The average molecular weight is 284 g/mol. The molecule has 21 heavy (non-hydrogen) atoms. The van der Waals surface area contributed by atoms with E-state index < -0.39 is 5.66 Å². The molecule has 3 rings (SSSR count). The number of hydrazone groups is 1. The number of ether oxygens (including phenoxy) is 1. The molecule has 0 radical (unpaired) electrons. The fourth-order valence-corrected chi connectivity index (χ4v) is 2.92. The smallest absolute Gasteiger partial charge is 0.242 e. The van der Waals surface area contributed by atoms with Crippen LogP contribution in [-0.4, -0.2) is 48.3 Å². The lowest BCUT2D eigenvalue weighted by molar-refractivity contribution is -0.146. The van der Waals surface area contributed by atoms with Crippen molar-refractivity contribution in [3.8, 4) is 6.07 Å². The first-order valence-corrected chi connectivity index (χ1v) is 6.88. The van der Waals surface area contributed by atoms with Crippen LogP contribution < -0.4 is 0 Å². The molecule has 1 saturated heterocycles. The maximum atomic E-state index is 12.0. The predicted molar refractivity (Wildman–Crippen MR) is 76.2 cm³/mol. The van der Waals surface area contributed by atoms with E-state index in [1.54, 1.807) is 6.21 Å². The number of benzene rings is 1. The molecule has 1 atom stereocenters. The van der Waals surface area contributed by atoms with Crippen molar-refractivity contribution in [2.75, 3.05) is 26.3 Å². The molecule has 1 unspecified atom stereocenters. The molecule has 0 saturated carbocycles. The van der Waals surface area contributed by atoms with Crippen molar-refractivity contribution in [2.24, 2.45) is 5.10 Å². The van der Waals surface area contributed by atoms with E-state index in [1.807, 2.05) is 29.2 Å². The van der Waals surface area contributed by atoms with Gasteiger partial charge < -0.3 is 4.74 Å². The summed E-state index contributed by atoms with van der Waals surface area (Å²) < 4.78 is 5.37. The first-order chi connectivity index (χ1) is 10.2. The first kappa shape index (κ1) is 13.7. The maximum Gasteiger partial charge on any atom is 0.242 e. The molecule has 1 fully saturated rings. The summed E-state index contributed by atoms with van der Waals surface area (Å²) in [5.74, 6) is -0.256. The molecule has 0 aromatic heterocycles. The van der Waals surface area contributed by atoms with Gasteiger partial charge in [-0.15, -0.1) is 0 Å². The Bertz CT molecular complexity index is 631. The van der Waals surface area contributed by atoms with Gasteiger partial charge in [0.2, 0.25) is 11.6 Å². The first-order valence-electron chi connectivity index (χ1n) is 6.88. The van der Waals surface area contributed by atoms with Crippen molar-refractivity contribution in [2.45, 2.75) is 12.6 Å². The van der Waals surface area contributed by atoms with E-state index in [9.17, 15) is 10.1 Å². The van der Waals surface area contributed by atoms with E-state index >= 15 is 0 Å². The molecule has 6 heteroatoms. The van der Waals surface area contributed by atoms with Gasteiger partial charge in [0.25, 0.3) is 0 Å². The normalized spacial score (nSPS) is 25.2. The Morgan fingerprint density at radius 2 is 2.10 bits per heavy atom. The Morgan fingerprint density at radius 1 is 1.38 bits per heavy atom. The highest BCUT2D eigenvalue weighted by Crippen LogP contribution is 2.37. The fraction of sp³-hybridized carbons (Fsp3) is 0.400. The Kier molecular flexibility index (Phi) is 3.45. The van der Waals surface area contributed by atoms with E-state index in [0.717, 1.165) is 11.1 Å². The second kappa shape index (κ2) is 5.28. The van der Waals surface area contributed by atoms with Crippen molar-refractivity contribution in [1.29, 1.82) is 5.26 Å². The molecule has 0 spiro atoms. The van der Waals surface area contributed by atoms with Gasteiger partial charge in [-0.2, -0.15) is 15.4 Å². The SMILES string of the molecule is CC(=O)N1N=Cc2ccccc2C1(C#N)N1CCOCC1. The molecule has 0 N–H and O–H groups in total. The number of fused-ring (bicyclic) bond motifs is 1. The fourth-order valence-electron chi connectivity index (χ4n) is 2.92. The van der Waals surface area contributed by atoms with Gasteiger partial charge in [-0.1, -0.05) is 24.3 Å². The van der Waals surface area contributed by atoms with Crippen LogP contribution in [0.5, 0.6) is 0 Å². The number of nitriles is 1. The van der Waals surface area contributed by atoms with E-state index in [-0.39, 0.29) is 5.91 Å². The van der Waals surface area contributed by atoms with Gasteiger partial charge >= 0.3 is 0 Å². The van der Waals surface area contributed by atoms with Gasteiger partial charge in [0, 0.05) is 31.1 Å². The molecule has 2 aliphatic heterocycles. The summed E-state index contributed by atoms with van der Waals surface area (Å²) in [5, 5.41) is 15.5. The Labute approximate surface area is 123 Å². The number of hydrogen-bond donors (Lipinski definition) is 0. The lowest BCUT2D eigenvalue weighted by Crippen LogP contribution is -2.61. The van der Waals surface area contributed by atoms with Crippen LogP contribution in [0.2, 0.25) is 0 Å². The summed E-state index contributed by atoms with van der Waals surface area (Å²) in [6.07, 6.45) is 1.63. The van der Waals surface area contributed by atoms with Crippen molar-refractivity contribution < 1.29 is 9.53 Å². The lowest BCUT2D eigenvalue weighted by Gasteiger charge is -2.46. The van der Waals surface area contributed by atoms with E-state index in [0.29, 0.717) is 26.3 Å². The molecule has 6 nitrogen and oxygen atoms in total. The highest BCUT2D eigenvalue weighted by molar-refractivity contribution is 5.87. The van der Waals surface area contributed by atoms with Crippen LogP contribution in [0.4, 0.5) is 0 Å². The van der Waals surface area contributed by atoms with E-state index in [1.165, 1.54) is 11.9 Å². The van der Waals surface area contributed by atoms with Crippen molar-refractivity contribution in [1.82, 2.24) is 9.91 Å². The molecule has 108 valence electrons. The second-order valence-electron chi connectivity index (χ2n) is 5.05. The number of amides is 1. The van der Waals surface area contributed by atoms with Crippen LogP contribution in [0.15, 0.2) is 29.4 Å². The summed E-state index contributed by atoms with van der Waals surface area (Å²) in [6, 6.07) is 9.90. The summed E-state index contributed by atoms with van der Waals surface area (Å²) >= 11 is 0. The average Bonchev–Trinajstić information content (AvgIpc) is 2.54. The van der Waals surface area contributed by atoms with Gasteiger partial charge in [-0.3, -0.25) is 9.69 Å². The second-order valence-corrected chi connectivity index (χ2v) is 5.05. The lowest BCUT2D eigenvalue weighted by atomic mass is 9.91. The molecular weight excluding hydrogens is 268 g/mol. The van der Waals surface area contributed by atoms with Gasteiger partial charge in [-0.25, -0.2) is 0 Å². The maximum absolute atomic E-state index is 12.0. The molecule has 2 heterocycles. The zero-order chi connectivity index (χ0) is 14.9. The Balaban J connectivity index is 2.19. The zero-order valence-corrected chi connectivity index (χ0v) is 11.8. The predicted octanol–water partition coefficient (Wildman–Crippen LogP) is 0.891. The minimum absolute atomic E-state index is 0.256. The van der Waals surface area contributed by atoms with E-state index in [2.05, 4.69) is 11.2 Å². The van der Waals surface area contributed by atoms with Crippen LogP contribution in [-0.2, 0) is 15.2 Å². The Morgan fingerprint density at radius 3 is 2.76 bits per heavy atom.